The molecule has 0 saturated heterocycles. The number of hydrogen-bond donors (Lipinski definition) is 2. The fraction of sp³-hybridized carbons (Fsp3) is 0. The minimum absolute atomic E-state index is 0.0799. The highest BCUT2D eigenvalue weighted by molar-refractivity contribution is 9.10. The molecular formula is C7H4BrN3O2. The summed E-state index contributed by atoms with van der Waals surface area (Å²) in [7, 11) is 0. The standard InChI is InChI=1S/C7H4BrN3O2/c8-3-1-9-2-4-5(3)11-6(10-4)7(12)13/h1-2H,(H,10,11)(H,12,13). The van der Waals surface area contributed by atoms with Gasteiger partial charge in [-0.1, -0.05) is 0 Å². The summed E-state index contributed by atoms with van der Waals surface area (Å²) in [4.78, 5) is 20.9. The summed E-state index contributed by atoms with van der Waals surface area (Å²) in [5.74, 6) is -1.16. The zero-order valence-electron chi connectivity index (χ0n) is 6.28. The Hall–Kier alpha value is -1.43. The van der Waals surface area contributed by atoms with Gasteiger partial charge in [0.2, 0.25) is 5.82 Å². The van der Waals surface area contributed by atoms with Crippen molar-refractivity contribution in [3.63, 3.8) is 0 Å². The van der Waals surface area contributed by atoms with Crippen molar-refractivity contribution >= 4 is 32.9 Å². The molecule has 0 unspecified atom stereocenters. The monoisotopic (exact) mass is 241 g/mol. The summed E-state index contributed by atoms with van der Waals surface area (Å²) in [5, 5.41) is 8.65. The van der Waals surface area contributed by atoms with E-state index in [4.69, 9.17) is 5.11 Å². The Bertz CT molecular complexity index is 480. The number of halogens is 1. The van der Waals surface area contributed by atoms with Crippen molar-refractivity contribution in [3.05, 3.63) is 22.7 Å². The minimum atomic E-state index is -1.08. The van der Waals surface area contributed by atoms with Crippen LogP contribution in [0.5, 0.6) is 0 Å². The molecule has 2 rings (SSSR count). The lowest BCUT2D eigenvalue weighted by Crippen LogP contribution is -1.97. The van der Waals surface area contributed by atoms with Gasteiger partial charge in [-0.2, -0.15) is 0 Å². The van der Waals surface area contributed by atoms with Gasteiger partial charge in [0, 0.05) is 6.20 Å². The maximum absolute atomic E-state index is 10.6. The van der Waals surface area contributed by atoms with E-state index in [1.54, 1.807) is 6.20 Å². The Morgan fingerprint density at radius 1 is 1.54 bits per heavy atom. The molecule has 0 aliphatic heterocycles. The van der Waals surface area contributed by atoms with Gasteiger partial charge in [-0.3, -0.25) is 4.98 Å². The second kappa shape index (κ2) is 2.81. The first-order valence-corrected chi connectivity index (χ1v) is 4.20. The molecule has 13 heavy (non-hydrogen) atoms. The smallest absolute Gasteiger partial charge is 0.371 e. The third kappa shape index (κ3) is 1.29. The SMILES string of the molecule is O=C(O)c1nc2c(Br)cncc2[nH]1. The number of aromatic nitrogens is 3. The normalized spacial score (nSPS) is 10.5. The number of rotatable bonds is 1. The van der Waals surface area contributed by atoms with E-state index in [0.717, 1.165) is 0 Å². The van der Waals surface area contributed by atoms with E-state index in [-0.39, 0.29) is 5.82 Å². The van der Waals surface area contributed by atoms with Crippen LogP contribution in [0.15, 0.2) is 16.9 Å². The molecule has 2 aromatic heterocycles. The molecule has 2 N–H and O–H groups in total. The Balaban J connectivity index is 2.75. The Morgan fingerprint density at radius 2 is 2.31 bits per heavy atom. The lowest BCUT2D eigenvalue weighted by molar-refractivity contribution is 0.0685. The third-order valence-corrected chi connectivity index (χ3v) is 2.13. The number of carbonyl (C=O) groups is 1. The number of carboxylic acid groups (broad SMARTS) is 1. The second-order valence-corrected chi connectivity index (χ2v) is 3.26. The Kier molecular flexibility index (Phi) is 1.77. The lowest BCUT2D eigenvalue weighted by atomic mass is 10.4. The number of aromatic amines is 1. The van der Waals surface area contributed by atoms with E-state index in [0.29, 0.717) is 15.5 Å². The van der Waals surface area contributed by atoms with Crippen LogP contribution >= 0.6 is 15.9 Å². The van der Waals surface area contributed by atoms with Crippen LogP contribution in [0.2, 0.25) is 0 Å². The maximum atomic E-state index is 10.6. The largest absolute Gasteiger partial charge is 0.475 e. The molecule has 0 aromatic carbocycles. The number of pyridine rings is 1. The highest BCUT2D eigenvalue weighted by atomic mass is 79.9. The Labute approximate surface area is 80.9 Å². The number of imidazole rings is 1. The predicted molar refractivity (Wildman–Crippen MR) is 48.5 cm³/mol. The van der Waals surface area contributed by atoms with Crippen LogP contribution in [0.4, 0.5) is 0 Å². The van der Waals surface area contributed by atoms with Crippen LogP contribution in [0.25, 0.3) is 11.0 Å². The molecule has 0 radical (unpaired) electrons. The van der Waals surface area contributed by atoms with Crippen LogP contribution < -0.4 is 0 Å². The highest BCUT2D eigenvalue weighted by Gasteiger charge is 2.10. The molecule has 0 bridgehead atoms. The van der Waals surface area contributed by atoms with E-state index in [9.17, 15) is 4.79 Å². The molecule has 0 fully saturated rings. The van der Waals surface area contributed by atoms with Crippen LogP contribution in [-0.4, -0.2) is 26.0 Å². The summed E-state index contributed by atoms with van der Waals surface area (Å²) in [6, 6.07) is 0. The summed E-state index contributed by atoms with van der Waals surface area (Å²) in [6.45, 7) is 0. The molecule has 0 amide bonds. The second-order valence-electron chi connectivity index (χ2n) is 2.41. The summed E-state index contributed by atoms with van der Waals surface area (Å²) in [6.07, 6.45) is 3.09. The van der Waals surface area contributed by atoms with Crippen molar-refractivity contribution in [2.45, 2.75) is 0 Å². The van der Waals surface area contributed by atoms with Gasteiger partial charge in [0.05, 0.1) is 16.2 Å². The van der Waals surface area contributed by atoms with E-state index < -0.39 is 5.97 Å². The Morgan fingerprint density at radius 3 is 2.92 bits per heavy atom. The van der Waals surface area contributed by atoms with Gasteiger partial charge in [-0.05, 0) is 15.9 Å². The molecule has 0 atom stereocenters. The lowest BCUT2D eigenvalue weighted by Gasteiger charge is -1.87. The van der Waals surface area contributed by atoms with Crippen molar-refractivity contribution < 1.29 is 9.90 Å². The van der Waals surface area contributed by atoms with Gasteiger partial charge in [-0.25, -0.2) is 9.78 Å². The van der Waals surface area contributed by atoms with E-state index >= 15 is 0 Å². The van der Waals surface area contributed by atoms with Crippen molar-refractivity contribution in [3.8, 4) is 0 Å². The first-order chi connectivity index (χ1) is 6.18. The highest BCUT2D eigenvalue weighted by Crippen LogP contribution is 2.19. The average molecular weight is 242 g/mol. The first kappa shape index (κ1) is 8.18. The number of nitrogens with zero attached hydrogens (tertiary/aromatic N) is 2. The van der Waals surface area contributed by atoms with Gasteiger partial charge < -0.3 is 10.1 Å². The van der Waals surface area contributed by atoms with E-state index in [1.807, 2.05) is 0 Å². The maximum Gasteiger partial charge on any atom is 0.371 e. The molecule has 6 heteroatoms. The first-order valence-electron chi connectivity index (χ1n) is 3.41. The summed E-state index contributed by atoms with van der Waals surface area (Å²) < 4.78 is 0.675. The molecule has 0 spiro atoms. The van der Waals surface area contributed by atoms with Crippen LogP contribution in [0.1, 0.15) is 10.6 Å². The molecule has 5 nitrogen and oxygen atoms in total. The number of fused-ring (bicyclic) bond motifs is 1. The van der Waals surface area contributed by atoms with Gasteiger partial charge in [0.25, 0.3) is 0 Å². The fourth-order valence-electron chi connectivity index (χ4n) is 1.00. The average Bonchev–Trinajstić information content (AvgIpc) is 2.49. The van der Waals surface area contributed by atoms with Crippen LogP contribution in [0.3, 0.4) is 0 Å². The molecule has 0 saturated carbocycles. The van der Waals surface area contributed by atoms with Crippen LogP contribution in [-0.2, 0) is 0 Å². The molecule has 2 aromatic rings. The number of nitrogens with one attached hydrogen (secondary N) is 1. The number of carboxylic acids is 1. The van der Waals surface area contributed by atoms with Crippen molar-refractivity contribution in [1.82, 2.24) is 15.0 Å². The third-order valence-electron chi connectivity index (χ3n) is 1.55. The van der Waals surface area contributed by atoms with Gasteiger partial charge >= 0.3 is 5.97 Å². The summed E-state index contributed by atoms with van der Waals surface area (Å²) in [5.41, 5.74) is 1.18. The minimum Gasteiger partial charge on any atom is -0.475 e. The van der Waals surface area contributed by atoms with E-state index in [2.05, 4.69) is 30.9 Å². The molecule has 0 aliphatic carbocycles. The van der Waals surface area contributed by atoms with Gasteiger partial charge in [-0.15, -0.1) is 0 Å². The van der Waals surface area contributed by atoms with E-state index in [1.165, 1.54) is 6.20 Å². The summed E-state index contributed by atoms with van der Waals surface area (Å²) >= 11 is 3.22. The molecular weight excluding hydrogens is 238 g/mol. The van der Waals surface area contributed by atoms with Gasteiger partial charge in [0.15, 0.2) is 0 Å². The molecule has 2 heterocycles. The topological polar surface area (TPSA) is 78.9 Å². The van der Waals surface area contributed by atoms with Crippen molar-refractivity contribution in [2.24, 2.45) is 0 Å². The van der Waals surface area contributed by atoms with Crippen molar-refractivity contribution in [1.29, 1.82) is 0 Å². The fourth-order valence-corrected chi connectivity index (χ4v) is 1.42. The number of H-pyrrole nitrogens is 1. The zero-order chi connectivity index (χ0) is 9.42. The van der Waals surface area contributed by atoms with Gasteiger partial charge in [0.1, 0.15) is 5.52 Å². The molecule has 66 valence electrons. The molecule has 0 aliphatic rings. The zero-order valence-corrected chi connectivity index (χ0v) is 7.87. The predicted octanol–water partition coefficient (Wildman–Crippen LogP) is 1.42. The number of hydrogen-bond acceptors (Lipinski definition) is 3. The van der Waals surface area contributed by atoms with Crippen molar-refractivity contribution in [2.75, 3.05) is 0 Å². The van der Waals surface area contributed by atoms with Crippen LogP contribution in [0, 0.1) is 0 Å². The number of aromatic carboxylic acids is 1. The quantitative estimate of drug-likeness (QED) is 0.792.